The van der Waals surface area contributed by atoms with Crippen molar-refractivity contribution in [3.8, 4) is 23.0 Å². The van der Waals surface area contributed by atoms with E-state index < -0.39 is 0 Å². The quantitative estimate of drug-likeness (QED) is 0.105. The largest absolute Gasteiger partial charge is 0.507 e. The van der Waals surface area contributed by atoms with Crippen molar-refractivity contribution < 1.29 is 23.7 Å². The molecule has 7 heteroatoms. The molecule has 0 unspecified atom stereocenters. The molecule has 0 spiro atoms. The fraction of sp³-hybridized carbons (Fsp3) is 0.500. The summed E-state index contributed by atoms with van der Waals surface area (Å²) in [5.74, 6) is 1.47. The molecular weight excluding hydrogens is 518 g/mol. The minimum absolute atomic E-state index is 0.103. The molecule has 224 valence electrons. The summed E-state index contributed by atoms with van der Waals surface area (Å²) in [5, 5.41) is 15.4. The summed E-state index contributed by atoms with van der Waals surface area (Å²) < 4.78 is 24.4. The third-order valence-corrected chi connectivity index (χ3v) is 6.95. The fourth-order valence-corrected chi connectivity index (χ4v) is 4.70. The van der Waals surface area contributed by atoms with Crippen molar-refractivity contribution in [1.29, 1.82) is 0 Å². The zero-order valence-corrected chi connectivity index (χ0v) is 25.9. The maximum Gasteiger partial charge on any atom is 0.204 e. The fourth-order valence-electron chi connectivity index (χ4n) is 4.70. The van der Waals surface area contributed by atoms with Crippen LogP contribution in [0.2, 0.25) is 0 Å². The van der Waals surface area contributed by atoms with Crippen LogP contribution in [0.4, 0.5) is 0 Å². The van der Waals surface area contributed by atoms with Gasteiger partial charge in [0.25, 0.3) is 0 Å². The number of rotatable bonds is 16. The molecule has 2 N–H and O–H groups in total. The minimum Gasteiger partial charge on any atom is -0.507 e. The van der Waals surface area contributed by atoms with E-state index in [9.17, 15) is 9.90 Å². The molecule has 0 amide bonds. The van der Waals surface area contributed by atoms with Crippen molar-refractivity contribution in [1.82, 2.24) is 5.32 Å². The Balaban J connectivity index is 2.25. The van der Waals surface area contributed by atoms with Crippen molar-refractivity contribution in [2.24, 2.45) is 0 Å². The van der Waals surface area contributed by atoms with Crippen molar-refractivity contribution >= 4 is 21.9 Å². The van der Waals surface area contributed by atoms with Crippen LogP contribution in [0, 0.1) is 0 Å². The van der Waals surface area contributed by atoms with Crippen LogP contribution in [0.25, 0.3) is 21.9 Å². The van der Waals surface area contributed by atoms with Gasteiger partial charge in [-0.1, -0.05) is 43.6 Å². The predicted molar refractivity (Wildman–Crippen MR) is 168 cm³/mol. The average molecular weight is 566 g/mol. The van der Waals surface area contributed by atoms with Gasteiger partial charge in [0.05, 0.1) is 25.7 Å². The maximum atomic E-state index is 14.2. The van der Waals surface area contributed by atoms with Crippen LogP contribution in [-0.2, 0) is 12.8 Å². The molecular formula is C34H47NO6. The summed E-state index contributed by atoms with van der Waals surface area (Å²) in [4.78, 5) is 14.2. The molecule has 3 aromatic rings. The number of fused-ring (bicyclic) bond motifs is 2. The zero-order chi connectivity index (χ0) is 29.9. The van der Waals surface area contributed by atoms with Gasteiger partial charge in [-0.3, -0.25) is 4.79 Å². The molecule has 0 radical (unpaired) electrons. The first-order valence-corrected chi connectivity index (χ1v) is 14.8. The summed E-state index contributed by atoms with van der Waals surface area (Å²) in [6.07, 6.45) is 8.69. The lowest BCUT2D eigenvalue weighted by atomic mass is 9.98. The summed E-state index contributed by atoms with van der Waals surface area (Å²) in [6.45, 7) is 15.1. The number of hydrogen-bond donors (Lipinski definition) is 2. The number of hydrogen-bond acceptors (Lipinski definition) is 7. The van der Waals surface area contributed by atoms with E-state index in [1.807, 2.05) is 39.8 Å². The third-order valence-electron chi connectivity index (χ3n) is 6.95. The molecule has 0 aliphatic heterocycles. The second-order valence-corrected chi connectivity index (χ2v) is 10.8. The average Bonchev–Trinajstić information content (AvgIpc) is 2.92. The normalized spacial score (nSPS) is 11.1. The van der Waals surface area contributed by atoms with Crippen molar-refractivity contribution in [2.75, 3.05) is 33.4 Å². The summed E-state index contributed by atoms with van der Waals surface area (Å²) in [5.41, 5.74) is 3.85. The van der Waals surface area contributed by atoms with E-state index in [0.29, 0.717) is 65.4 Å². The van der Waals surface area contributed by atoms with Crippen LogP contribution in [-0.4, -0.2) is 38.5 Å². The second kappa shape index (κ2) is 15.5. The van der Waals surface area contributed by atoms with Crippen LogP contribution in [0.1, 0.15) is 78.4 Å². The van der Waals surface area contributed by atoms with Crippen LogP contribution < -0.4 is 25.0 Å². The molecule has 0 aliphatic rings. The molecule has 0 bridgehead atoms. The SMILES string of the molecule is CCCCOc1cc2oc3cc(OCCCCNCC)c(CC=C(C)C)c(O)c3c(=O)c2c(CC=C(C)C)c1OC. The van der Waals surface area contributed by atoms with Gasteiger partial charge in [0.2, 0.25) is 5.43 Å². The van der Waals surface area contributed by atoms with Gasteiger partial charge in [0, 0.05) is 23.3 Å². The van der Waals surface area contributed by atoms with Gasteiger partial charge in [-0.25, -0.2) is 0 Å². The van der Waals surface area contributed by atoms with E-state index in [1.165, 1.54) is 0 Å². The molecule has 0 fully saturated rings. The first-order valence-electron chi connectivity index (χ1n) is 14.8. The zero-order valence-electron chi connectivity index (χ0n) is 25.9. The number of phenolic OH excluding ortho intramolecular Hbond substituents is 1. The van der Waals surface area contributed by atoms with E-state index >= 15 is 0 Å². The van der Waals surface area contributed by atoms with Gasteiger partial charge in [0.15, 0.2) is 11.5 Å². The Bertz CT molecular complexity index is 1440. The van der Waals surface area contributed by atoms with Crippen LogP contribution in [0.5, 0.6) is 23.0 Å². The Morgan fingerprint density at radius 1 is 0.878 bits per heavy atom. The van der Waals surface area contributed by atoms with Crippen molar-refractivity contribution in [3.05, 3.63) is 56.8 Å². The Kier molecular flexibility index (Phi) is 12.1. The third kappa shape index (κ3) is 8.07. The van der Waals surface area contributed by atoms with Crippen LogP contribution >= 0.6 is 0 Å². The molecule has 0 aliphatic carbocycles. The highest BCUT2D eigenvalue weighted by Crippen LogP contribution is 2.41. The van der Waals surface area contributed by atoms with Gasteiger partial charge >= 0.3 is 0 Å². The number of methoxy groups -OCH3 is 1. The van der Waals surface area contributed by atoms with E-state index in [1.54, 1.807) is 19.2 Å². The monoisotopic (exact) mass is 565 g/mol. The maximum absolute atomic E-state index is 14.2. The lowest BCUT2D eigenvalue weighted by Gasteiger charge is -2.18. The number of unbranched alkanes of at least 4 members (excludes halogenated alkanes) is 2. The molecule has 0 saturated carbocycles. The molecule has 41 heavy (non-hydrogen) atoms. The smallest absolute Gasteiger partial charge is 0.204 e. The highest BCUT2D eigenvalue weighted by molar-refractivity contribution is 5.98. The first kappa shape index (κ1) is 32.1. The summed E-state index contributed by atoms with van der Waals surface area (Å²) >= 11 is 0. The molecule has 0 saturated heterocycles. The van der Waals surface area contributed by atoms with Crippen LogP contribution in [0.15, 0.2) is 44.6 Å². The Labute approximate surface area is 244 Å². The number of nitrogens with one attached hydrogen (secondary N) is 1. The number of aromatic hydroxyl groups is 1. The van der Waals surface area contributed by atoms with E-state index in [0.717, 1.165) is 49.9 Å². The lowest BCUT2D eigenvalue weighted by Crippen LogP contribution is -2.15. The molecule has 1 heterocycles. The van der Waals surface area contributed by atoms with Crippen molar-refractivity contribution in [3.63, 3.8) is 0 Å². The Morgan fingerprint density at radius 3 is 2.12 bits per heavy atom. The number of phenols is 1. The molecule has 3 rings (SSSR count). The van der Waals surface area contributed by atoms with Gasteiger partial charge in [-0.2, -0.15) is 0 Å². The molecule has 7 nitrogen and oxygen atoms in total. The standard InChI is InChI=1S/C34H47NO6/c1-8-10-18-40-29-21-27-30(25(34(29)38-7)16-14-23(5)6)33(37)31-28(41-27)20-26(39-19-12-11-17-35-9-2)24(32(31)36)15-13-22(3)4/h13-14,20-21,35-36H,8-12,15-19H2,1-7H3. The summed E-state index contributed by atoms with van der Waals surface area (Å²) in [7, 11) is 1.58. The van der Waals surface area contributed by atoms with Crippen LogP contribution in [0.3, 0.4) is 0 Å². The second-order valence-electron chi connectivity index (χ2n) is 10.8. The first-order chi connectivity index (χ1) is 19.7. The van der Waals surface area contributed by atoms with E-state index in [-0.39, 0.29) is 22.1 Å². The summed E-state index contributed by atoms with van der Waals surface area (Å²) in [6, 6.07) is 3.47. The molecule has 0 atom stereocenters. The molecule has 2 aromatic carbocycles. The highest BCUT2D eigenvalue weighted by atomic mass is 16.5. The molecule has 1 aromatic heterocycles. The van der Waals surface area contributed by atoms with E-state index in [4.69, 9.17) is 18.6 Å². The minimum atomic E-state index is -0.301. The van der Waals surface area contributed by atoms with Gasteiger partial charge in [-0.05, 0) is 72.9 Å². The van der Waals surface area contributed by atoms with Gasteiger partial charge in [-0.15, -0.1) is 0 Å². The van der Waals surface area contributed by atoms with Gasteiger partial charge in [0.1, 0.15) is 28.1 Å². The number of benzene rings is 2. The number of allylic oxidation sites excluding steroid dienone is 4. The number of ether oxygens (including phenoxy) is 3. The highest BCUT2D eigenvalue weighted by Gasteiger charge is 2.24. The topological polar surface area (TPSA) is 90.2 Å². The Hall–Kier alpha value is -3.45. The van der Waals surface area contributed by atoms with Crippen molar-refractivity contribution in [2.45, 2.75) is 80.1 Å². The lowest BCUT2D eigenvalue weighted by molar-refractivity contribution is 0.287. The predicted octanol–water partition coefficient (Wildman–Crippen LogP) is 7.63. The van der Waals surface area contributed by atoms with E-state index in [2.05, 4.69) is 19.2 Å². The Morgan fingerprint density at radius 2 is 1.49 bits per heavy atom. The van der Waals surface area contributed by atoms with Gasteiger partial charge < -0.3 is 29.1 Å².